The summed E-state index contributed by atoms with van der Waals surface area (Å²) in [6.45, 7) is 2.20. The van der Waals surface area contributed by atoms with Gasteiger partial charge in [-0.2, -0.15) is 0 Å². The Bertz CT molecular complexity index is 446. The lowest BCUT2D eigenvalue weighted by Gasteiger charge is -2.48. The van der Waals surface area contributed by atoms with Crippen LogP contribution in [0.2, 0.25) is 0 Å². The zero-order valence-electron chi connectivity index (χ0n) is 11.9. The Kier molecular flexibility index (Phi) is 3.35. The van der Waals surface area contributed by atoms with Gasteiger partial charge in [0.25, 0.3) is 0 Å². The molecule has 2 amide bonds. The van der Waals surface area contributed by atoms with E-state index >= 15 is 0 Å². The van der Waals surface area contributed by atoms with Gasteiger partial charge in [0.1, 0.15) is 5.54 Å². The highest BCUT2D eigenvalue weighted by molar-refractivity contribution is 7.80. The van der Waals surface area contributed by atoms with Gasteiger partial charge in [-0.05, 0) is 50.9 Å². The molecule has 2 unspecified atom stereocenters. The molecule has 3 aliphatic rings. The number of fused-ring (bicyclic) bond motifs is 2. The Hall–Kier alpha value is -0.970. The van der Waals surface area contributed by atoms with E-state index in [0.29, 0.717) is 10.9 Å². The number of carbonyl (C=O) groups is 2. The van der Waals surface area contributed by atoms with E-state index in [9.17, 15) is 9.59 Å². The predicted octanol–water partition coefficient (Wildman–Crippen LogP) is 2.01. The summed E-state index contributed by atoms with van der Waals surface area (Å²) in [6.07, 6.45) is 5.84. The van der Waals surface area contributed by atoms with Gasteiger partial charge in [0.05, 0.1) is 4.99 Å². The Morgan fingerprint density at radius 2 is 1.65 bits per heavy atom. The molecule has 0 radical (unpaired) electrons. The molecule has 3 fully saturated rings. The molecule has 2 N–H and O–H groups in total. The Morgan fingerprint density at radius 1 is 1.15 bits per heavy atom. The topological polar surface area (TPSA) is 63.4 Å². The van der Waals surface area contributed by atoms with Crippen LogP contribution in [0.5, 0.6) is 0 Å². The van der Waals surface area contributed by atoms with Crippen LogP contribution < -0.4 is 5.73 Å². The maximum atomic E-state index is 12.7. The highest BCUT2D eigenvalue weighted by atomic mass is 32.1. The van der Waals surface area contributed by atoms with E-state index in [4.69, 9.17) is 18.0 Å². The van der Waals surface area contributed by atoms with Crippen LogP contribution in [0.3, 0.4) is 0 Å². The fourth-order valence-corrected chi connectivity index (χ4v) is 4.44. The van der Waals surface area contributed by atoms with Crippen LogP contribution in [0.1, 0.15) is 51.9 Å². The zero-order chi connectivity index (χ0) is 14.5. The third-order valence-electron chi connectivity index (χ3n) is 5.56. The first kappa shape index (κ1) is 14.0. The second-order valence-corrected chi connectivity index (χ2v) is 7.24. The molecule has 2 saturated carbocycles. The number of rotatable bonds is 2. The minimum Gasteiger partial charge on any atom is -0.391 e. The molecule has 110 valence electrons. The first-order valence-corrected chi connectivity index (χ1v) is 8.04. The van der Waals surface area contributed by atoms with E-state index in [1.54, 1.807) is 0 Å². The summed E-state index contributed by atoms with van der Waals surface area (Å²) in [7, 11) is 0. The van der Waals surface area contributed by atoms with Crippen molar-refractivity contribution in [3.8, 4) is 0 Å². The minimum absolute atomic E-state index is 0.0169. The smallest absolute Gasteiger partial charge is 0.233 e. The molecule has 1 heterocycles. The van der Waals surface area contributed by atoms with Gasteiger partial charge in [-0.1, -0.05) is 19.1 Å². The fourth-order valence-electron chi connectivity index (χ4n) is 4.15. The van der Waals surface area contributed by atoms with Crippen molar-refractivity contribution in [2.75, 3.05) is 0 Å². The van der Waals surface area contributed by atoms with Crippen molar-refractivity contribution < 1.29 is 9.59 Å². The van der Waals surface area contributed by atoms with Crippen LogP contribution in [-0.4, -0.2) is 27.2 Å². The number of nitrogens with two attached hydrogens (primary N) is 1. The van der Waals surface area contributed by atoms with E-state index in [0.717, 1.165) is 44.9 Å². The molecule has 2 bridgehead atoms. The number of hydrogen-bond donors (Lipinski definition) is 1. The molecule has 0 aromatic heterocycles. The summed E-state index contributed by atoms with van der Waals surface area (Å²) in [5.74, 6) is 0.605. The molecule has 0 spiro atoms. The van der Waals surface area contributed by atoms with Crippen molar-refractivity contribution in [2.45, 2.75) is 57.4 Å². The van der Waals surface area contributed by atoms with Gasteiger partial charge in [-0.15, -0.1) is 0 Å². The van der Waals surface area contributed by atoms with Crippen LogP contribution in [0, 0.1) is 17.8 Å². The second kappa shape index (κ2) is 4.79. The molecule has 4 nitrogen and oxygen atoms in total. The van der Waals surface area contributed by atoms with Crippen LogP contribution in [0.15, 0.2) is 0 Å². The van der Waals surface area contributed by atoms with Crippen LogP contribution >= 0.6 is 12.2 Å². The molecule has 1 saturated heterocycles. The van der Waals surface area contributed by atoms with Crippen molar-refractivity contribution >= 4 is 29.0 Å². The molecule has 0 aromatic carbocycles. The summed E-state index contributed by atoms with van der Waals surface area (Å²) in [6, 6.07) is 0. The zero-order valence-corrected chi connectivity index (χ0v) is 12.7. The van der Waals surface area contributed by atoms with Crippen molar-refractivity contribution in [2.24, 2.45) is 23.5 Å². The van der Waals surface area contributed by atoms with Crippen molar-refractivity contribution in [3.05, 3.63) is 0 Å². The number of amides is 2. The first-order chi connectivity index (χ1) is 9.45. The van der Waals surface area contributed by atoms with Gasteiger partial charge < -0.3 is 5.73 Å². The standard InChI is InChI=1S/C15H22N2O2S/c1-9-4-6-15(7-5-9,14(16)20)17-12(18)10-2-3-11(8-10)13(17)19/h9-11H,2-8H2,1H3,(H2,16,20). The summed E-state index contributed by atoms with van der Waals surface area (Å²) >= 11 is 5.28. The fraction of sp³-hybridized carbons (Fsp3) is 0.800. The Labute approximate surface area is 125 Å². The number of piperidine rings is 1. The average Bonchev–Trinajstić information content (AvgIpc) is 2.86. The van der Waals surface area contributed by atoms with Gasteiger partial charge in [-0.3, -0.25) is 14.5 Å². The molecule has 1 aliphatic heterocycles. The molecule has 2 aliphatic carbocycles. The van der Waals surface area contributed by atoms with Crippen LogP contribution in [-0.2, 0) is 9.59 Å². The lowest BCUT2D eigenvalue weighted by atomic mass is 9.74. The SMILES string of the molecule is CC1CCC(C(N)=S)(N2C(=O)C3CCC(C3)C2=O)CC1. The number of carbonyl (C=O) groups excluding carboxylic acids is 2. The average molecular weight is 294 g/mol. The van der Waals surface area contributed by atoms with Gasteiger partial charge in [0, 0.05) is 11.8 Å². The monoisotopic (exact) mass is 294 g/mol. The van der Waals surface area contributed by atoms with Gasteiger partial charge in [0.15, 0.2) is 0 Å². The highest BCUT2D eigenvalue weighted by Gasteiger charge is 2.55. The Morgan fingerprint density at radius 3 is 2.10 bits per heavy atom. The predicted molar refractivity (Wildman–Crippen MR) is 79.8 cm³/mol. The maximum Gasteiger partial charge on any atom is 0.233 e. The number of likely N-dealkylation sites (tertiary alicyclic amines) is 1. The summed E-state index contributed by atoms with van der Waals surface area (Å²) in [4.78, 5) is 27.2. The number of thiocarbonyl (C=S) groups is 1. The molecule has 2 atom stereocenters. The normalized spacial score (nSPS) is 41.0. The maximum absolute atomic E-state index is 12.7. The van der Waals surface area contributed by atoms with E-state index < -0.39 is 5.54 Å². The van der Waals surface area contributed by atoms with Crippen molar-refractivity contribution in [1.82, 2.24) is 4.90 Å². The second-order valence-electron chi connectivity index (χ2n) is 6.80. The summed E-state index contributed by atoms with van der Waals surface area (Å²) in [5, 5.41) is 0. The number of imide groups is 1. The lowest BCUT2D eigenvalue weighted by Crippen LogP contribution is -2.65. The van der Waals surface area contributed by atoms with E-state index in [1.807, 2.05) is 0 Å². The van der Waals surface area contributed by atoms with Gasteiger partial charge in [0.2, 0.25) is 11.8 Å². The molecular weight excluding hydrogens is 272 g/mol. The van der Waals surface area contributed by atoms with E-state index in [2.05, 4.69) is 6.92 Å². The third kappa shape index (κ3) is 1.90. The van der Waals surface area contributed by atoms with Crippen molar-refractivity contribution in [3.63, 3.8) is 0 Å². The highest BCUT2D eigenvalue weighted by Crippen LogP contribution is 2.45. The van der Waals surface area contributed by atoms with Gasteiger partial charge >= 0.3 is 0 Å². The lowest BCUT2D eigenvalue weighted by molar-refractivity contribution is -0.159. The van der Waals surface area contributed by atoms with E-state index in [-0.39, 0.29) is 23.7 Å². The van der Waals surface area contributed by atoms with Gasteiger partial charge in [-0.25, -0.2) is 0 Å². The Balaban J connectivity index is 1.97. The first-order valence-electron chi connectivity index (χ1n) is 7.63. The summed E-state index contributed by atoms with van der Waals surface area (Å²) in [5.41, 5.74) is 5.32. The largest absolute Gasteiger partial charge is 0.391 e. The van der Waals surface area contributed by atoms with E-state index in [1.165, 1.54) is 4.90 Å². The molecule has 20 heavy (non-hydrogen) atoms. The molecular formula is C15H22N2O2S. The molecule has 0 aromatic rings. The summed E-state index contributed by atoms with van der Waals surface area (Å²) < 4.78 is 0. The molecule has 3 rings (SSSR count). The number of nitrogens with zero attached hydrogens (tertiary/aromatic N) is 1. The van der Waals surface area contributed by atoms with Crippen molar-refractivity contribution in [1.29, 1.82) is 0 Å². The van der Waals surface area contributed by atoms with Crippen LogP contribution in [0.4, 0.5) is 0 Å². The number of hydrogen-bond acceptors (Lipinski definition) is 3. The molecule has 5 heteroatoms. The quantitative estimate of drug-likeness (QED) is 0.625. The third-order valence-corrected chi connectivity index (χ3v) is 5.94. The van der Waals surface area contributed by atoms with Crippen LogP contribution in [0.25, 0.3) is 0 Å². The minimum atomic E-state index is -0.683.